The van der Waals surface area contributed by atoms with Gasteiger partial charge in [-0.3, -0.25) is 4.79 Å². The van der Waals surface area contributed by atoms with Crippen LogP contribution in [0.15, 0.2) is 30.5 Å². The number of anilines is 2. The van der Waals surface area contributed by atoms with Crippen LogP contribution in [0.4, 0.5) is 33.3 Å². The molecule has 1 aromatic carbocycles. The van der Waals surface area contributed by atoms with E-state index in [9.17, 15) is 26.7 Å². The van der Waals surface area contributed by atoms with Crippen LogP contribution in [0.1, 0.15) is 41.7 Å². The SMILES string of the molecule is Nc1cc(C(F)(F)F)c(-c2c(F)cccc2F)nc1C(=O)Nc1cnsc1OC1CCCC(N)C1. The average Bonchev–Trinajstić information content (AvgIpc) is 3.19. The molecule has 2 aromatic heterocycles. The van der Waals surface area contributed by atoms with Crippen molar-refractivity contribution < 1.29 is 31.5 Å². The van der Waals surface area contributed by atoms with Gasteiger partial charge in [-0.2, -0.15) is 17.5 Å². The van der Waals surface area contributed by atoms with E-state index in [1.807, 2.05) is 0 Å². The number of aromatic nitrogens is 2. The molecule has 186 valence electrons. The molecule has 4 rings (SSSR count). The standard InChI is InChI=1S/C22H20F5N5O2S/c23-13-5-2-6-14(24)17(13)18-12(22(25,26)27)8-15(29)19(32-18)20(33)31-16-9-30-35-21(16)34-11-4-1-3-10(28)7-11/h2,5-6,8-11H,1,3-4,7,28-29H2,(H,31,33). The fraction of sp³-hybridized carbons (Fsp3) is 0.318. The van der Waals surface area contributed by atoms with Gasteiger partial charge in [0.2, 0.25) is 5.06 Å². The highest BCUT2D eigenvalue weighted by Gasteiger charge is 2.37. The summed E-state index contributed by atoms with van der Waals surface area (Å²) in [4.78, 5) is 16.6. The Hall–Kier alpha value is -3.32. The van der Waals surface area contributed by atoms with Gasteiger partial charge in [-0.05, 0) is 43.9 Å². The number of alkyl halides is 3. The van der Waals surface area contributed by atoms with E-state index in [4.69, 9.17) is 16.2 Å². The molecule has 2 heterocycles. The Balaban J connectivity index is 1.67. The zero-order chi connectivity index (χ0) is 25.3. The van der Waals surface area contributed by atoms with Crippen molar-refractivity contribution in [3.8, 4) is 16.3 Å². The number of nitrogens with one attached hydrogen (secondary N) is 1. The molecule has 3 aromatic rings. The molecule has 35 heavy (non-hydrogen) atoms. The summed E-state index contributed by atoms with van der Waals surface area (Å²) >= 11 is 0.968. The number of amides is 1. The molecule has 0 spiro atoms. The number of benzene rings is 1. The summed E-state index contributed by atoms with van der Waals surface area (Å²) in [6, 6.07) is 2.99. The lowest BCUT2D eigenvalue weighted by Crippen LogP contribution is -2.33. The van der Waals surface area contributed by atoms with Crippen LogP contribution in [0.5, 0.6) is 5.06 Å². The molecule has 1 amide bonds. The van der Waals surface area contributed by atoms with Gasteiger partial charge in [-0.15, -0.1) is 0 Å². The number of carbonyl (C=O) groups excluding carboxylic acids is 1. The maximum atomic E-state index is 14.3. The van der Waals surface area contributed by atoms with Crippen molar-refractivity contribution in [2.45, 2.75) is 44.0 Å². The first-order chi connectivity index (χ1) is 16.5. The molecule has 2 atom stereocenters. The van der Waals surface area contributed by atoms with Crippen LogP contribution in [-0.4, -0.2) is 27.4 Å². The number of pyridine rings is 1. The summed E-state index contributed by atoms with van der Waals surface area (Å²) in [7, 11) is 0. The van der Waals surface area contributed by atoms with Crippen LogP contribution in [-0.2, 0) is 6.18 Å². The normalized spacial score (nSPS) is 18.3. The highest BCUT2D eigenvalue weighted by Crippen LogP contribution is 2.40. The topological polar surface area (TPSA) is 116 Å². The van der Waals surface area contributed by atoms with Crippen LogP contribution < -0.4 is 21.5 Å². The Kier molecular flexibility index (Phi) is 6.90. The summed E-state index contributed by atoms with van der Waals surface area (Å²) < 4.78 is 79.5. The van der Waals surface area contributed by atoms with E-state index in [0.29, 0.717) is 12.5 Å². The average molecular weight is 513 g/mol. The molecular weight excluding hydrogens is 493 g/mol. The van der Waals surface area contributed by atoms with E-state index < -0.39 is 51.9 Å². The van der Waals surface area contributed by atoms with Crippen molar-refractivity contribution in [3.05, 3.63) is 53.4 Å². The van der Waals surface area contributed by atoms with Gasteiger partial charge in [-0.1, -0.05) is 6.07 Å². The third-order valence-electron chi connectivity index (χ3n) is 5.50. The molecule has 2 unspecified atom stereocenters. The van der Waals surface area contributed by atoms with E-state index in [2.05, 4.69) is 14.7 Å². The van der Waals surface area contributed by atoms with Gasteiger partial charge >= 0.3 is 6.18 Å². The Morgan fingerprint density at radius 3 is 2.57 bits per heavy atom. The molecule has 1 fully saturated rings. The Morgan fingerprint density at radius 1 is 1.20 bits per heavy atom. The molecule has 7 nitrogen and oxygen atoms in total. The number of hydrogen-bond acceptors (Lipinski definition) is 7. The van der Waals surface area contributed by atoms with E-state index in [0.717, 1.165) is 49.0 Å². The molecule has 0 saturated heterocycles. The first-order valence-corrected chi connectivity index (χ1v) is 11.3. The van der Waals surface area contributed by atoms with Gasteiger partial charge in [0.15, 0.2) is 5.69 Å². The Labute approximate surface area is 200 Å². The number of hydrogen-bond donors (Lipinski definition) is 3. The summed E-state index contributed by atoms with van der Waals surface area (Å²) in [5, 5.41) is 2.74. The predicted molar refractivity (Wildman–Crippen MR) is 120 cm³/mol. The second-order valence-electron chi connectivity index (χ2n) is 8.06. The van der Waals surface area contributed by atoms with Crippen LogP contribution in [0.2, 0.25) is 0 Å². The van der Waals surface area contributed by atoms with E-state index >= 15 is 0 Å². The first-order valence-electron chi connectivity index (χ1n) is 10.5. The fourth-order valence-corrected chi connectivity index (χ4v) is 4.49. The van der Waals surface area contributed by atoms with Crippen LogP contribution in [0.25, 0.3) is 11.3 Å². The van der Waals surface area contributed by atoms with Crippen molar-refractivity contribution in [1.82, 2.24) is 9.36 Å². The second-order valence-corrected chi connectivity index (χ2v) is 8.83. The van der Waals surface area contributed by atoms with Crippen molar-refractivity contribution in [3.63, 3.8) is 0 Å². The smallest absolute Gasteiger partial charge is 0.418 e. The zero-order valence-corrected chi connectivity index (χ0v) is 18.9. The highest BCUT2D eigenvalue weighted by atomic mass is 32.1. The molecular formula is C22H20F5N5O2S. The Morgan fingerprint density at radius 2 is 1.91 bits per heavy atom. The van der Waals surface area contributed by atoms with E-state index in [1.54, 1.807) is 0 Å². The maximum Gasteiger partial charge on any atom is 0.418 e. The number of nitrogen functional groups attached to an aromatic ring is 1. The van der Waals surface area contributed by atoms with Crippen molar-refractivity contribution in [2.24, 2.45) is 5.73 Å². The molecule has 5 N–H and O–H groups in total. The summed E-state index contributed by atoms with van der Waals surface area (Å²) in [6.45, 7) is 0. The Bertz CT molecular complexity index is 1230. The molecule has 13 heteroatoms. The van der Waals surface area contributed by atoms with E-state index in [1.165, 1.54) is 6.20 Å². The third-order valence-corrected chi connectivity index (χ3v) is 6.19. The largest absolute Gasteiger partial charge is 0.478 e. The number of nitrogens with two attached hydrogens (primary N) is 2. The monoisotopic (exact) mass is 513 g/mol. The van der Waals surface area contributed by atoms with Gasteiger partial charge in [0.05, 0.1) is 28.7 Å². The van der Waals surface area contributed by atoms with Gasteiger partial charge in [0, 0.05) is 17.6 Å². The quantitative estimate of drug-likeness (QED) is 0.414. The summed E-state index contributed by atoms with van der Waals surface area (Å²) in [6.07, 6.45) is -0.763. The lowest BCUT2D eigenvalue weighted by Gasteiger charge is -2.26. The lowest BCUT2D eigenvalue weighted by molar-refractivity contribution is -0.137. The highest BCUT2D eigenvalue weighted by molar-refractivity contribution is 7.08. The van der Waals surface area contributed by atoms with Gasteiger partial charge in [-0.25, -0.2) is 13.8 Å². The minimum atomic E-state index is -5.04. The number of rotatable bonds is 5. The molecule has 1 aliphatic rings. The van der Waals surface area contributed by atoms with Crippen LogP contribution in [0.3, 0.4) is 0 Å². The van der Waals surface area contributed by atoms with Crippen molar-refractivity contribution >= 4 is 28.8 Å². The molecule has 0 radical (unpaired) electrons. The minimum Gasteiger partial charge on any atom is -0.478 e. The number of carbonyl (C=O) groups is 1. The molecule has 0 bridgehead atoms. The zero-order valence-electron chi connectivity index (χ0n) is 18.0. The lowest BCUT2D eigenvalue weighted by atomic mass is 9.94. The van der Waals surface area contributed by atoms with Crippen molar-refractivity contribution in [1.29, 1.82) is 0 Å². The number of halogens is 5. The number of nitrogens with zero attached hydrogens (tertiary/aromatic N) is 2. The first kappa shape index (κ1) is 24.8. The predicted octanol–water partition coefficient (Wildman–Crippen LogP) is 4.99. The van der Waals surface area contributed by atoms with Crippen LogP contribution >= 0.6 is 11.5 Å². The third kappa shape index (κ3) is 5.35. The second kappa shape index (κ2) is 9.74. The van der Waals surface area contributed by atoms with E-state index in [-0.39, 0.29) is 22.9 Å². The maximum absolute atomic E-state index is 14.3. The minimum absolute atomic E-state index is 0.00643. The summed E-state index contributed by atoms with van der Waals surface area (Å²) in [5.41, 5.74) is 6.96. The van der Waals surface area contributed by atoms with Gasteiger partial charge < -0.3 is 21.5 Å². The summed E-state index contributed by atoms with van der Waals surface area (Å²) in [5.74, 6) is -3.55. The number of ether oxygens (including phenoxy) is 1. The molecule has 1 aliphatic carbocycles. The molecule has 0 aliphatic heterocycles. The van der Waals surface area contributed by atoms with Crippen LogP contribution in [0, 0.1) is 11.6 Å². The van der Waals surface area contributed by atoms with Gasteiger partial charge in [0.1, 0.15) is 23.4 Å². The van der Waals surface area contributed by atoms with Gasteiger partial charge in [0.25, 0.3) is 5.91 Å². The molecule has 1 saturated carbocycles. The van der Waals surface area contributed by atoms with Crippen molar-refractivity contribution in [2.75, 3.05) is 11.1 Å². The fourth-order valence-electron chi connectivity index (χ4n) is 3.86.